The summed E-state index contributed by atoms with van der Waals surface area (Å²) in [6.45, 7) is 1.79. The summed E-state index contributed by atoms with van der Waals surface area (Å²) >= 11 is 6.08. The van der Waals surface area contributed by atoms with Crippen LogP contribution in [0.4, 0.5) is 4.39 Å². The molecule has 2 aromatic carbocycles. The number of aromatic carboxylic acids is 1. The third-order valence-corrected chi connectivity index (χ3v) is 5.94. The average molecular weight is 472 g/mol. The van der Waals surface area contributed by atoms with Gasteiger partial charge >= 0.3 is 5.97 Å². The van der Waals surface area contributed by atoms with E-state index in [4.69, 9.17) is 21.1 Å². The van der Waals surface area contributed by atoms with Crippen molar-refractivity contribution in [1.29, 1.82) is 0 Å². The van der Waals surface area contributed by atoms with Crippen molar-refractivity contribution in [3.8, 4) is 11.5 Å². The highest BCUT2D eigenvalue weighted by Gasteiger charge is 2.42. The van der Waals surface area contributed by atoms with Gasteiger partial charge in [-0.15, -0.1) is 12.4 Å². The maximum absolute atomic E-state index is 13.4. The molecule has 2 heterocycles. The van der Waals surface area contributed by atoms with Gasteiger partial charge in [-0.2, -0.15) is 0 Å². The molecule has 0 unspecified atom stereocenters. The average Bonchev–Trinajstić information content (AvgIpc) is 3.05. The van der Waals surface area contributed by atoms with Crippen LogP contribution in [0.15, 0.2) is 36.4 Å². The Morgan fingerprint density at radius 2 is 2.00 bits per heavy atom. The lowest BCUT2D eigenvalue weighted by Gasteiger charge is -2.39. The van der Waals surface area contributed by atoms with Crippen molar-refractivity contribution in [2.45, 2.75) is 31.0 Å². The maximum atomic E-state index is 13.4. The molecule has 6 nitrogen and oxygen atoms in total. The minimum absolute atomic E-state index is 0. The molecule has 4 rings (SSSR count). The van der Waals surface area contributed by atoms with E-state index >= 15 is 0 Å². The van der Waals surface area contributed by atoms with Crippen LogP contribution in [0.25, 0.3) is 0 Å². The van der Waals surface area contributed by atoms with E-state index in [0.717, 1.165) is 61.9 Å². The molecule has 2 aliphatic rings. The molecule has 0 aromatic heterocycles. The van der Waals surface area contributed by atoms with Crippen LogP contribution in [0.3, 0.4) is 0 Å². The minimum atomic E-state index is -1.21. The van der Waals surface area contributed by atoms with Crippen LogP contribution in [-0.2, 0) is 6.42 Å². The minimum Gasteiger partial charge on any atom is -0.490 e. The highest BCUT2D eigenvalue weighted by atomic mass is 35.5. The molecule has 0 aliphatic carbocycles. The van der Waals surface area contributed by atoms with E-state index in [2.05, 4.69) is 4.90 Å². The third-order valence-electron chi connectivity index (χ3n) is 5.70. The molecule has 0 amide bonds. The molecule has 0 bridgehead atoms. The van der Waals surface area contributed by atoms with E-state index in [1.54, 1.807) is 0 Å². The molecular weight excluding hydrogens is 448 g/mol. The Bertz CT molecular complexity index is 949. The van der Waals surface area contributed by atoms with Crippen LogP contribution in [0.5, 0.6) is 11.5 Å². The quantitative estimate of drug-likeness (QED) is 0.666. The van der Waals surface area contributed by atoms with Crippen LogP contribution < -0.4 is 9.47 Å². The number of ether oxygens (including phenoxy) is 2. The largest absolute Gasteiger partial charge is 0.490 e. The monoisotopic (exact) mass is 471 g/mol. The zero-order valence-corrected chi connectivity index (χ0v) is 18.3. The first-order valence-corrected chi connectivity index (χ1v) is 10.2. The summed E-state index contributed by atoms with van der Waals surface area (Å²) in [4.78, 5) is 13.4. The number of carbonyl (C=O) groups is 1. The van der Waals surface area contributed by atoms with Gasteiger partial charge in [0.1, 0.15) is 41.2 Å². The Balaban J connectivity index is 0.00000272. The van der Waals surface area contributed by atoms with Crippen molar-refractivity contribution < 1.29 is 28.9 Å². The maximum Gasteiger partial charge on any atom is 0.339 e. The van der Waals surface area contributed by atoms with Crippen LogP contribution in [-0.4, -0.2) is 59.0 Å². The first-order valence-electron chi connectivity index (χ1n) is 9.87. The highest BCUT2D eigenvalue weighted by molar-refractivity contribution is 6.30. The number of hydrogen-bond donors (Lipinski definition) is 2. The Kier molecular flexibility index (Phi) is 7.31. The lowest BCUT2D eigenvalue weighted by atomic mass is 9.87. The van der Waals surface area contributed by atoms with Gasteiger partial charge in [-0.1, -0.05) is 11.6 Å². The van der Waals surface area contributed by atoms with Gasteiger partial charge < -0.3 is 24.6 Å². The molecule has 2 N–H and O–H groups in total. The molecule has 1 saturated heterocycles. The number of carboxylic acids is 1. The highest BCUT2D eigenvalue weighted by Crippen LogP contribution is 2.41. The first kappa shape index (κ1) is 23.6. The number of halogens is 3. The van der Waals surface area contributed by atoms with E-state index in [1.807, 2.05) is 18.2 Å². The fraction of sp³-hybridized carbons (Fsp3) is 0.409. The van der Waals surface area contributed by atoms with Crippen molar-refractivity contribution in [2.75, 3.05) is 26.2 Å². The van der Waals surface area contributed by atoms with Gasteiger partial charge in [0.25, 0.3) is 0 Å². The topological polar surface area (TPSA) is 79.2 Å². The molecule has 2 aromatic rings. The van der Waals surface area contributed by atoms with E-state index in [0.29, 0.717) is 11.6 Å². The number of fused-ring (bicyclic) bond motifs is 1. The molecule has 0 radical (unpaired) electrons. The molecule has 1 fully saturated rings. The number of likely N-dealkylation sites (tertiary alicyclic amines) is 1. The number of hydrogen-bond acceptors (Lipinski definition) is 5. The molecule has 1 atom stereocenters. The van der Waals surface area contributed by atoms with Gasteiger partial charge in [0.05, 0.1) is 0 Å². The number of aliphatic hydroxyl groups is 1. The predicted octanol–water partition coefficient (Wildman–Crippen LogP) is 3.81. The second-order valence-corrected chi connectivity index (χ2v) is 8.36. The fourth-order valence-electron chi connectivity index (χ4n) is 4.15. The third kappa shape index (κ3) is 5.41. The van der Waals surface area contributed by atoms with E-state index in [9.17, 15) is 19.4 Å². The van der Waals surface area contributed by atoms with Gasteiger partial charge in [-0.05, 0) is 35.9 Å². The van der Waals surface area contributed by atoms with Gasteiger partial charge in [-0.25, -0.2) is 9.18 Å². The number of β-amino-alcohol motifs (C(OH)–C–C–N with tert-alkyl or cyclic N) is 1. The molecule has 2 aliphatic heterocycles. The smallest absolute Gasteiger partial charge is 0.339 e. The molecular formula is C22H24Cl2FNO5. The summed E-state index contributed by atoms with van der Waals surface area (Å²) < 4.78 is 25.0. The summed E-state index contributed by atoms with van der Waals surface area (Å²) in [7, 11) is 0. The summed E-state index contributed by atoms with van der Waals surface area (Å²) in [5, 5.41) is 20.2. The van der Waals surface area contributed by atoms with Crippen LogP contribution in [0.1, 0.15) is 28.8 Å². The summed E-state index contributed by atoms with van der Waals surface area (Å²) in [6, 6.07) is 8.93. The number of piperidine rings is 1. The number of aliphatic hydroxyl groups excluding tert-OH is 1. The van der Waals surface area contributed by atoms with Gasteiger partial charge in [0.2, 0.25) is 0 Å². The number of benzene rings is 2. The van der Waals surface area contributed by atoms with Gasteiger partial charge in [0.15, 0.2) is 0 Å². The normalized spacial score (nSPS) is 18.0. The second-order valence-electron chi connectivity index (χ2n) is 7.92. The number of rotatable bonds is 6. The van der Waals surface area contributed by atoms with Crippen molar-refractivity contribution in [3.05, 3.63) is 58.4 Å². The fourth-order valence-corrected chi connectivity index (χ4v) is 4.35. The van der Waals surface area contributed by atoms with E-state index < -0.39 is 17.9 Å². The van der Waals surface area contributed by atoms with E-state index in [1.165, 1.54) is 0 Å². The van der Waals surface area contributed by atoms with E-state index in [-0.39, 0.29) is 35.9 Å². The lowest BCUT2D eigenvalue weighted by molar-refractivity contribution is -0.00204. The van der Waals surface area contributed by atoms with Crippen molar-refractivity contribution >= 4 is 30.0 Å². The predicted molar refractivity (Wildman–Crippen MR) is 116 cm³/mol. The van der Waals surface area contributed by atoms with Gasteiger partial charge in [0, 0.05) is 50.0 Å². The SMILES string of the molecule is Cl.O=C(O)c1ccc(F)cc1OC[C@@H](O)CN1CCC2(CC1)Cc1cc(Cl)ccc1O2. The molecule has 1 spiro atoms. The molecule has 9 heteroatoms. The first-order chi connectivity index (χ1) is 14.3. The summed E-state index contributed by atoms with van der Waals surface area (Å²) in [5.41, 5.74) is 0.776. The Morgan fingerprint density at radius 3 is 2.71 bits per heavy atom. The standard InChI is InChI=1S/C22H23ClFNO5.ClH/c23-15-1-4-19-14(9-15)11-22(30-19)5-7-25(8-6-22)12-17(26)13-29-20-10-16(24)2-3-18(20)21(27)28;/h1-4,9-10,17,26H,5-8,11-13H2,(H,27,28);1H/t17-;/m0./s1. The lowest BCUT2D eigenvalue weighted by Crippen LogP contribution is -2.49. The Labute approximate surface area is 190 Å². The zero-order valence-electron chi connectivity index (χ0n) is 16.7. The number of carboxylic acid groups (broad SMARTS) is 1. The van der Waals surface area contributed by atoms with Crippen molar-refractivity contribution in [2.24, 2.45) is 0 Å². The number of nitrogens with zero attached hydrogens (tertiary/aromatic N) is 1. The Hall–Kier alpha value is -2.06. The van der Waals surface area contributed by atoms with Crippen molar-refractivity contribution in [3.63, 3.8) is 0 Å². The van der Waals surface area contributed by atoms with Crippen LogP contribution in [0, 0.1) is 5.82 Å². The second kappa shape index (κ2) is 9.61. The molecule has 168 valence electrons. The van der Waals surface area contributed by atoms with Gasteiger partial charge in [-0.3, -0.25) is 0 Å². The van der Waals surface area contributed by atoms with Crippen LogP contribution in [0.2, 0.25) is 5.02 Å². The molecule has 0 saturated carbocycles. The molecule has 31 heavy (non-hydrogen) atoms. The zero-order chi connectivity index (χ0) is 21.3. The Morgan fingerprint density at radius 1 is 1.26 bits per heavy atom. The summed E-state index contributed by atoms with van der Waals surface area (Å²) in [5.74, 6) is -0.995. The van der Waals surface area contributed by atoms with Crippen molar-refractivity contribution in [1.82, 2.24) is 4.90 Å². The summed E-state index contributed by atoms with van der Waals surface area (Å²) in [6.07, 6.45) is 1.67. The van der Waals surface area contributed by atoms with Crippen LogP contribution >= 0.6 is 24.0 Å².